The van der Waals surface area contributed by atoms with Gasteiger partial charge in [0.05, 0.1) is 10.9 Å². The number of carbonyl (C=O) groups excluding carboxylic acids is 1. The van der Waals surface area contributed by atoms with Gasteiger partial charge in [-0.05, 0) is 68.4 Å². The lowest BCUT2D eigenvalue weighted by molar-refractivity contribution is -0.137. The van der Waals surface area contributed by atoms with Crippen LogP contribution in [0, 0.1) is 12.7 Å². The molecule has 4 aromatic rings. The van der Waals surface area contributed by atoms with Crippen LogP contribution in [0.5, 0.6) is 17.2 Å². The van der Waals surface area contributed by atoms with Gasteiger partial charge in [0, 0.05) is 11.8 Å². The molecule has 0 aliphatic heterocycles. The van der Waals surface area contributed by atoms with Crippen molar-refractivity contribution in [3.63, 3.8) is 0 Å². The molecular weight excluding hydrogens is 482 g/mol. The first-order chi connectivity index (χ1) is 17.0. The standard InChI is InChI=1S/C26H19F4NO5/c1-14-24(36-19-8-6-17(27)7-9-19)23(32)21-11-10-20(13-22(21)35-14)34-15(2)25(33)31-18-5-3-4-16(12-18)26(28,29)30/h3-13,15H,1-2H3,(H,31,33)/t15-/m1/s1. The molecule has 3 aromatic carbocycles. The molecule has 0 bridgehead atoms. The van der Waals surface area contributed by atoms with Crippen molar-refractivity contribution < 1.29 is 36.2 Å². The molecule has 1 N–H and O–H groups in total. The molecule has 0 unspecified atom stereocenters. The minimum absolute atomic E-state index is 0.0286. The lowest BCUT2D eigenvalue weighted by atomic mass is 10.2. The van der Waals surface area contributed by atoms with Gasteiger partial charge in [-0.25, -0.2) is 4.39 Å². The highest BCUT2D eigenvalue weighted by Gasteiger charge is 2.30. The molecule has 6 nitrogen and oxygen atoms in total. The van der Waals surface area contributed by atoms with Crippen LogP contribution in [-0.2, 0) is 11.0 Å². The van der Waals surface area contributed by atoms with E-state index in [0.717, 1.165) is 12.1 Å². The zero-order chi connectivity index (χ0) is 26.0. The van der Waals surface area contributed by atoms with Gasteiger partial charge >= 0.3 is 6.18 Å². The Morgan fingerprint density at radius 1 is 1.00 bits per heavy atom. The number of hydrogen-bond acceptors (Lipinski definition) is 5. The van der Waals surface area contributed by atoms with Crippen LogP contribution in [0.4, 0.5) is 23.2 Å². The average molecular weight is 501 g/mol. The summed E-state index contributed by atoms with van der Waals surface area (Å²) in [5, 5.41) is 2.57. The number of anilines is 1. The fourth-order valence-electron chi connectivity index (χ4n) is 3.35. The third-order valence-corrected chi connectivity index (χ3v) is 5.16. The number of fused-ring (bicyclic) bond motifs is 1. The van der Waals surface area contributed by atoms with E-state index < -0.39 is 35.0 Å². The van der Waals surface area contributed by atoms with Crippen LogP contribution in [0.3, 0.4) is 0 Å². The topological polar surface area (TPSA) is 77.8 Å². The summed E-state index contributed by atoms with van der Waals surface area (Å²) in [6, 6.07) is 13.7. The van der Waals surface area contributed by atoms with Crippen molar-refractivity contribution in [2.75, 3.05) is 5.32 Å². The van der Waals surface area contributed by atoms with Gasteiger partial charge in [-0.2, -0.15) is 13.2 Å². The van der Waals surface area contributed by atoms with Crippen LogP contribution in [-0.4, -0.2) is 12.0 Å². The van der Waals surface area contributed by atoms with E-state index in [4.69, 9.17) is 13.9 Å². The summed E-state index contributed by atoms with van der Waals surface area (Å²) in [4.78, 5) is 25.4. The SMILES string of the molecule is Cc1oc2cc(O[C@H](C)C(=O)Nc3cccc(C(F)(F)F)c3)ccc2c(=O)c1Oc1ccc(F)cc1. The Bertz CT molecular complexity index is 1480. The van der Waals surface area contributed by atoms with Gasteiger partial charge in [0.1, 0.15) is 28.7 Å². The van der Waals surface area contributed by atoms with E-state index in [-0.39, 0.29) is 39.7 Å². The molecule has 10 heteroatoms. The highest BCUT2D eigenvalue weighted by atomic mass is 19.4. The van der Waals surface area contributed by atoms with Gasteiger partial charge in [0.2, 0.25) is 11.2 Å². The second kappa shape index (κ2) is 9.73. The summed E-state index contributed by atoms with van der Waals surface area (Å²) >= 11 is 0. The van der Waals surface area contributed by atoms with Crippen molar-refractivity contribution in [1.82, 2.24) is 0 Å². The maximum atomic E-state index is 13.1. The Morgan fingerprint density at radius 2 is 1.69 bits per heavy atom. The minimum Gasteiger partial charge on any atom is -0.481 e. The Balaban J connectivity index is 1.51. The lowest BCUT2D eigenvalue weighted by Crippen LogP contribution is -2.30. The third-order valence-electron chi connectivity index (χ3n) is 5.16. The number of nitrogens with one attached hydrogen (secondary N) is 1. The van der Waals surface area contributed by atoms with Crippen LogP contribution in [0.15, 0.2) is 75.9 Å². The first-order valence-corrected chi connectivity index (χ1v) is 10.7. The van der Waals surface area contributed by atoms with E-state index in [0.29, 0.717) is 0 Å². The maximum Gasteiger partial charge on any atom is 0.416 e. The Morgan fingerprint density at radius 3 is 2.39 bits per heavy atom. The van der Waals surface area contributed by atoms with E-state index in [9.17, 15) is 27.2 Å². The molecule has 0 saturated heterocycles. The lowest BCUT2D eigenvalue weighted by Gasteiger charge is -2.16. The monoisotopic (exact) mass is 501 g/mol. The van der Waals surface area contributed by atoms with Gasteiger partial charge in [0.25, 0.3) is 5.91 Å². The van der Waals surface area contributed by atoms with E-state index >= 15 is 0 Å². The number of halogens is 4. The number of rotatable bonds is 6. The quantitative estimate of drug-likeness (QED) is 0.307. The molecule has 4 rings (SSSR count). The molecule has 0 aliphatic rings. The molecule has 0 fully saturated rings. The van der Waals surface area contributed by atoms with Crippen molar-refractivity contribution in [3.8, 4) is 17.2 Å². The fourth-order valence-corrected chi connectivity index (χ4v) is 3.35. The molecule has 0 radical (unpaired) electrons. The van der Waals surface area contributed by atoms with Crippen LogP contribution in [0.25, 0.3) is 11.0 Å². The fraction of sp³-hybridized carbons (Fsp3) is 0.154. The molecule has 0 saturated carbocycles. The minimum atomic E-state index is -4.54. The normalized spacial score (nSPS) is 12.3. The number of benzene rings is 3. The van der Waals surface area contributed by atoms with Gasteiger partial charge in [-0.1, -0.05) is 6.07 Å². The average Bonchev–Trinajstić information content (AvgIpc) is 2.82. The van der Waals surface area contributed by atoms with Gasteiger partial charge in [0.15, 0.2) is 6.10 Å². The molecule has 1 amide bonds. The highest BCUT2D eigenvalue weighted by Crippen LogP contribution is 2.31. The summed E-state index contributed by atoms with van der Waals surface area (Å²) in [5.41, 5.74) is -1.21. The summed E-state index contributed by atoms with van der Waals surface area (Å²) in [6.45, 7) is 2.95. The second-order valence-electron chi connectivity index (χ2n) is 7.86. The molecule has 1 aromatic heterocycles. The van der Waals surface area contributed by atoms with E-state index in [1.54, 1.807) is 0 Å². The van der Waals surface area contributed by atoms with Gasteiger partial charge in [-0.15, -0.1) is 0 Å². The molecule has 0 aliphatic carbocycles. The smallest absolute Gasteiger partial charge is 0.416 e. The van der Waals surface area contributed by atoms with Crippen molar-refractivity contribution in [2.45, 2.75) is 26.1 Å². The van der Waals surface area contributed by atoms with Gasteiger partial charge in [-0.3, -0.25) is 9.59 Å². The highest BCUT2D eigenvalue weighted by molar-refractivity contribution is 5.94. The van der Waals surface area contributed by atoms with Crippen molar-refractivity contribution in [1.29, 1.82) is 0 Å². The first kappa shape index (κ1) is 24.8. The van der Waals surface area contributed by atoms with Crippen LogP contribution < -0.4 is 20.2 Å². The second-order valence-corrected chi connectivity index (χ2v) is 7.86. The van der Waals surface area contributed by atoms with Crippen LogP contribution >= 0.6 is 0 Å². The number of hydrogen-bond donors (Lipinski definition) is 1. The van der Waals surface area contributed by atoms with E-state index in [1.807, 2.05) is 0 Å². The molecule has 36 heavy (non-hydrogen) atoms. The number of carbonyl (C=O) groups is 1. The zero-order valence-corrected chi connectivity index (χ0v) is 19.0. The predicted molar refractivity (Wildman–Crippen MR) is 124 cm³/mol. The van der Waals surface area contributed by atoms with Gasteiger partial charge < -0.3 is 19.2 Å². The van der Waals surface area contributed by atoms with Crippen molar-refractivity contribution in [2.24, 2.45) is 0 Å². The Hall–Kier alpha value is -4.34. The van der Waals surface area contributed by atoms with Crippen molar-refractivity contribution in [3.05, 3.63) is 94.1 Å². The summed E-state index contributed by atoms with van der Waals surface area (Å²) in [7, 11) is 0. The number of alkyl halides is 3. The Labute approximate surface area is 202 Å². The molecular formula is C26H19F4NO5. The molecule has 1 heterocycles. The van der Waals surface area contributed by atoms with Crippen LogP contribution in [0.2, 0.25) is 0 Å². The third kappa shape index (κ3) is 5.48. The number of aryl methyl sites for hydroxylation is 1. The predicted octanol–water partition coefficient (Wildman–Crippen LogP) is 6.46. The first-order valence-electron chi connectivity index (χ1n) is 10.7. The Kier molecular flexibility index (Phi) is 6.69. The molecule has 186 valence electrons. The molecule has 0 spiro atoms. The summed E-state index contributed by atoms with van der Waals surface area (Å²) < 4.78 is 68.7. The maximum absolute atomic E-state index is 13.1. The summed E-state index contributed by atoms with van der Waals surface area (Å²) in [6.07, 6.45) is -5.62. The van der Waals surface area contributed by atoms with Crippen molar-refractivity contribution >= 4 is 22.6 Å². The number of amides is 1. The zero-order valence-electron chi connectivity index (χ0n) is 19.0. The molecule has 1 atom stereocenters. The largest absolute Gasteiger partial charge is 0.481 e. The van der Waals surface area contributed by atoms with E-state index in [2.05, 4.69) is 5.32 Å². The van der Waals surface area contributed by atoms with E-state index in [1.165, 1.54) is 68.4 Å². The van der Waals surface area contributed by atoms with Crippen LogP contribution in [0.1, 0.15) is 18.2 Å². The number of ether oxygens (including phenoxy) is 2. The summed E-state index contributed by atoms with van der Waals surface area (Å²) in [5.74, 6) is -0.554.